The molecule has 0 fully saturated rings. The number of carbonyl (C=O) groups excluding carboxylic acids is 2. The van der Waals surface area contributed by atoms with Gasteiger partial charge in [0.05, 0.1) is 13.0 Å². The van der Waals surface area contributed by atoms with Crippen molar-refractivity contribution in [2.75, 3.05) is 6.61 Å². The van der Waals surface area contributed by atoms with Gasteiger partial charge in [0.25, 0.3) is 0 Å². The Morgan fingerprint density at radius 3 is 2.50 bits per heavy atom. The second-order valence-corrected chi connectivity index (χ2v) is 4.04. The number of hydrogen-bond donors (Lipinski definition) is 0. The number of ether oxygens (including phenoxy) is 1. The molecule has 70 valence electrons. The summed E-state index contributed by atoms with van der Waals surface area (Å²) in [5, 5.41) is 0.0494. The van der Waals surface area contributed by atoms with Crippen LogP contribution in [-0.2, 0) is 14.3 Å². The zero-order valence-corrected chi connectivity index (χ0v) is 8.44. The van der Waals surface area contributed by atoms with E-state index in [1.165, 1.54) is 18.7 Å². The molecule has 0 aliphatic carbocycles. The number of thioether (sulfide) groups is 1. The van der Waals surface area contributed by atoms with Gasteiger partial charge in [-0.2, -0.15) is 0 Å². The third-order valence-corrected chi connectivity index (χ3v) is 2.03. The van der Waals surface area contributed by atoms with Crippen LogP contribution >= 0.6 is 11.8 Å². The summed E-state index contributed by atoms with van der Waals surface area (Å²) >= 11 is 1.17. The first-order valence-electron chi connectivity index (χ1n) is 3.89. The topological polar surface area (TPSA) is 43.4 Å². The van der Waals surface area contributed by atoms with Crippen molar-refractivity contribution in [1.82, 2.24) is 0 Å². The Hall–Kier alpha value is -0.510. The lowest BCUT2D eigenvalue weighted by molar-refractivity contribution is -0.142. The van der Waals surface area contributed by atoms with Crippen LogP contribution in [-0.4, -0.2) is 22.9 Å². The predicted octanol–water partition coefficient (Wildman–Crippen LogP) is 1.61. The van der Waals surface area contributed by atoms with E-state index >= 15 is 0 Å². The predicted molar refractivity (Wildman–Crippen MR) is 49.0 cm³/mol. The lowest BCUT2D eigenvalue weighted by Crippen LogP contribution is -2.11. The molecule has 0 aliphatic heterocycles. The fourth-order valence-corrected chi connectivity index (χ4v) is 1.57. The van der Waals surface area contributed by atoms with Gasteiger partial charge in [0, 0.05) is 12.2 Å². The summed E-state index contributed by atoms with van der Waals surface area (Å²) in [4.78, 5) is 21.5. The first-order valence-corrected chi connectivity index (χ1v) is 4.77. The summed E-state index contributed by atoms with van der Waals surface area (Å²) in [6.45, 7) is 5.49. The van der Waals surface area contributed by atoms with Gasteiger partial charge >= 0.3 is 5.97 Å². The molecule has 0 rings (SSSR count). The molecule has 0 heterocycles. The Bertz CT molecular complexity index is 168. The van der Waals surface area contributed by atoms with E-state index < -0.39 is 0 Å². The van der Waals surface area contributed by atoms with E-state index in [1.54, 1.807) is 6.92 Å². The van der Waals surface area contributed by atoms with Crippen molar-refractivity contribution < 1.29 is 14.3 Å². The van der Waals surface area contributed by atoms with Crippen LogP contribution in [0.5, 0.6) is 0 Å². The minimum atomic E-state index is -0.237. The normalized spacial score (nSPS) is 12.2. The number of hydrogen-bond acceptors (Lipinski definition) is 4. The smallest absolute Gasteiger partial charge is 0.306 e. The van der Waals surface area contributed by atoms with E-state index in [9.17, 15) is 9.59 Å². The van der Waals surface area contributed by atoms with Crippen molar-refractivity contribution in [2.45, 2.75) is 32.4 Å². The highest BCUT2D eigenvalue weighted by molar-refractivity contribution is 8.14. The fourth-order valence-electron chi connectivity index (χ4n) is 0.780. The van der Waals surface area contributed by atoms with Crippen LogP contribution < -0.4 is 0 Å². The van der Waals surface area contributed by atoms with Gasteiger partial charge in [-0.25, -0.2) is 0 Å². The van der Waals surface area contributed by atoms with E-state index in [0.717, 1.165) is 0 Å². The van der Waals surface area contributed by atoms with Crippen molar-refractivity contribution in [3.8, 4) is 0 Å². The summed E-state index contributed by atoms with van der Waals surface area (Å²) in [5.74, 6) is -0.237. The van der Waals surface area contributed by atoms with Gasteiger partial charge in [-0.3, -0.25) is 9.59 Å². The van der Waals surface area contributed by atoms with Crippen molar-refractivity contribution in [3.63, 3.8) is 0 Å². The highest BCUT2D eigenvalue weighted by Gasteiger charge is 2.11. The summed E-state index contributed by atoms with van der Waals surface area (Å²) in [7, 11) is 0. The Balaban J connectivity index is 3.61. The molecule has 0 bridgehead atoms. The zero-order valence-electron chi connectivity index (χ0n) is 7.62. The van der Waals surface area contributed by atoms with E-state index in [2.05, 4.69) is 0 Å². The van der Waals surface area contributed by atoms with Crippen LogP contribution in [0.1, 0.15) is 27.2 Å². The Morgan fingerprint density at radius 1 is 1.50 bits per heavy atom. The van der Waals surface area contributed by atoms with Crippen molar-refractivity contribution in [1.29, 1.82) is 0 Å². The van der Waals surface area contributed by atoms with E-state index in [4.69, 9.17) is 4.74 Å². The molecule has 0 saturated heterocycles. The molecule has 1 atom stereocenters. The van der Waals surface area contributed by atoms with Crippen LogP contribution in [0.4, 0.5) is 0 Å². The Morgan fingerprint density at radius 2 is 2.08 bits per heavy atom. The maximum atomic E-state index is 10.9. The average Bonchev–Trinajstić information content (AvgIpc) is 1.84. The quantitative estimate of drug-likeness (QED) is 0.632. The summed E-state index contributed by atoms with van der Waals surface area (Å²) < 4.78 is 4.73. The van der Waals surface area contributed by atoms with Crippen molar-refractivity contribution in [3.05, 3.63) is 0 Å². The van der Waals surface area contributed by atoms with Crippen LogP contribution in [0.15, 0.2) is 0 Å². The molecular weight excluding hydrogens is 176 g/mol. The first-order chi connectivity index (χ1) is 5.56. The lowest BCUT2D eigenvalue weighted by Gasteiger charge is -2.06. The van der Waals surface area contributed by atoms with Crippen LogP contribution in [0.25, 0.3) is 0 Å². The van der Waals surface area contributed by atoms with Crippen LogP contribution in [0, 0.1) is 0 Å². The zero-order chi connectivity index (χ0) is 9.56. The summed E-state index contributed by atoms with van der Waals surface area (Å²) in [5.41, 5.74) is 0. The molecule has 3 nitrogen and oxygen atoms in total. The molecule has 4 heteroatoms. The van der Waals surface area contributed by atoms with Gasteiger partial charge in [0.2, 0.25) is 0 Å². The van der Waals surface area contributed by atoms with Gasteiger partial charge in [0.1, 0.15) is 0 Å². The average molecular weight is 190 g/mol. The van der Waals surface area contributed by atoms with Gasteiger partial charge < -0.3 is 4.74 Å². The minimum Gasteiger partial charge on any atom is -0.466 e. The van der Waals surface area contributed by atoms with Crippen LogP contribution in [0.2, 0.25) is 0 Å². The van der Waals surface area contributed by atoms with E-state index in [1.807, 2.05) is 6.92 Å². The molecule has 0 N–H and O–H groups in total. The highest BCUT2D eigenvalue weighted by Crippen LogP contribution is 2.14. The maximum absolute atomic E-state index is 10.9. The van der Waals surface area contributed by atoms with Crippen molar-refractivity contribution in [2.24, 2.45) is 0 Å². The Kier molecular flexibility index (Phi) is 5.80. The maximum Gasteiger partial charge on any atom is 0.306 e. The van der Waals surface area contributed by atoms with Crippen molar-refractivity contribution >= 4 is 22.8 Å². The van der Waals surface area contributed by atoms with Crippen LogP contribution in [0.3, 0.4) is 0 Å². The molecule has 12 heavy (non-hydrogen) atoms. The number of esters is 1. The standard InChI is InChI=1S/C8H14O3S/c1-4-11-8(10)5-6(2)12-7(3)9/h6H,4-5H2,1-3H3. The van der Waals surface area contributed by atoms with Gasteiger partial charge in [-0.05, 0) is 6.92 Å². The molecule has 1 unspecified atom stereocenters. The highest BCUT2D eigenvalue weighted by atomic mass is 32.2. The molecule has 0 aromatic heterocycles. The summed E-state index contributed by atoms with van der Waals surface area (Å²) in [6.07, 6.45) is 0.304. The fraction of sp³-hybridized carbons (Fsp3) is 0.750. The second kappa shape index (κ2) is 6.06. The molecule has 0 aromatic rings. The van der Waals surface area contributed by atoms with E-state index in [-0.39, 0.29) is 16.3 Å². The molecule has 0 radical (unpaired) electrons. The molecule has 0 saturated carbocycles. The molecule has 0 aromatic carbocycles. The Labute approximate surface area is 76.9 Å². The van der Waals surface area contributed by atoms with Gasteiger partial charge in [0.15, 0.2) is 5.12 Å². The minimum absolute atomic E-state index is 0.0153. The molecule has 0 aliphatic rings. The third-order valence-electron chi connectivity index (χ3n) is 1.13. The second-order valence-electron chi connectivity index (χ2n) is 2.43. The third kappa shape index (κ3) is 6.22. The lowest BCUT2D eigenvalue weighted by atomic mass is 10.3. The molecular formula is C8H14O3S. The van der Waals surface area contributed by atoms with E-state index in [0.29, 0.717) is 13.0 Å². The summed E-state index contributed by atoms with van der Waals surface area (Å²) in [6, 6.07) is 0. The molecule has 0 amide bonds. The van der Waals surface area contributed by atoms with Gasteiger partial charge in [-0.15, -0.1) is 0 Å². The molecule has 0 spiro atoms. The number of rotatable bonds is 4. The monoisotopic (exact) mass is 190 g/mol. The first kappa shape index (κ1) is 11.5. The number of carbonyl (C=O) groups is 2. The largest absolute Gasteiger partial charge is 0.466 e. The van der Waals surface area contributed by atoms with Gasteiger partial charge in [-0.1, -0.05) is 18.7 Å². The SMILES string of the molecule is CCOC(=O)CC(C)SC(C)=O.